The second-order valence-electron chi connectivity index (χ2n) is 6.59. The number of nitrogens with zero attached hydrogens (tertiary/aromatic N) is 2. The van der Waals surface area contributed by atoms with Crippen LogP contribution in [0.1, 0.15) is 16.7 Å². The van der Waals surface area contributed by atoms with E-state index in [9.17, 15) is 13.2 Å². The minimum atomic E-state index is -3.66. The molecule has 30 heavy (non-hydrogen) atoms. The highest BCUT2D eigenvalue weighted by atomic mass is 79.9. The molecular formula is C20H24BrN3O5S. The molecule has 0 atom stereocenters. The van der Waals surface area contributed by atoms with Crippen LogP contribution in [0.25, 0.3) is 0 Å². The summed E-state index contributed by atoms with van der Waals surface area (Å²) >= 11 is 3.38. The summed E-state index contributed by atoms with van der Waals surface area (Å²) in [5, 5.41) is 3.92. The van der Waals surface area contributed by atoms with Gasteiger partial charge in [0.05, 0.1) is 36.9 Å². The Morgan fingerprint density at radius 2 is 1.90 bits per heavy atom. The predicted molar refractivity (Wildman–Crippen MR) is 121 cm³/mol. The summed E-state index contributed by atoms with van der Waals surface area (Å²) in [5.41, 5.74) is 5.21. The van der Waals surface area contributed by atoms with Crippen molar-refractivity contribution in [2.45, 2.75) is 13.8 Å². The van der Waals surface area contributed by atoms with E-state index >= 15 is 0 Å². The number of aryl methyl sites for hydroxylation is 2. The molecule has 0 aliphatic heterocycles. The normalized spacial score (nSPS) is 11.4. The number of amides is 1. The summed E-state index contributed by atoms with van der Waals surface area (Å²) in [6.07, 6.45) is 2.48. The highest BCUT2D eigenvalue weighted by Gasteiger charge is 2.22. The molecule has 0 aromatic heterocycles. The number of benzene rings is 2. The Bertz CT molecular complexity index is 1070. The second kappa shape index (κ2) is 9.94. The van der Waals surface area contributed by atoms with E-state index in [0.29, 0.717) is 27.2 Å². The van der Waals surface area contributed by atoms with Crippen molar-refractivity contribution in [3.05, 3.63) is 51.5 Å². The molecule has 0 unspecified atom stereocenters. The summed E-state index contributed by atoms with van der Waals surface area (Å²) in [7, 11) is -0.623. The van der Waals surface area contributed by atoms with Gasteiger partial charge in [-0.2, -0.15) is 5.10 Å². The molecule has 2 rings (SSSR count). The van der Waals surface area contributed by atoms with Gasteiger partial charge in [-0.15, -0.1) is 0 Å². The van der Waals surface area contributed by atoms with E-state index in [-0.39, 0.29) is 0 Å². The first-order chi connectivity index (χ1) is 14.1. The molecule has 10 heteroatoms. The van der Waals surface area contributed by atoms with Crippen molar-refractivity contribution >= 4 is 43.8 Å². The molecule has 0 saturated heterocycles. The Morgan fingerprint density at radius 1 is 1.20 bits per heavy atom. The van der Waals surface area contributed by atoms with Crippen LogP contribution in [0.3, 0.4) is 0 Å². The van der Waals surface area contributed by atoms with E-state index in [1.165, 1.54) is 20.4 Å². The van der Waals surface area contributed by atoms with Crippen LogP contribution in [0.4, 0.5) is 5.69 Å². The van der Waals surface area contributed by atoms with E-state index in [1.54, 1.807) is 31.2 Å². The van der Waals surface area contributed by atoms with Crippen LogP contribution in [0.2, 0.25) is 0 Å². The van der Waals surface area contributed by atoms with Crippen LogP contribution in [-0.2, 0) is 14.8 Å². The molecule has 162 valence electrons. The van der Waals surface area contributed by atoms with E-state index in [2.05, 4.69) is 26.5 Å². The third-order valence-electron chi connectivity index (χ3n) is 4.17. The van der Waals surface area contributed by atoms with Gasteiger partial charge in [-0.1, -0.05) is 17.7 Å². The highest BCUT2D eigenvalue weighted by molar-refractivity contribution is 9.10. The first-order valence-electron chi connectivity index (χ1n) is 8.85. The van der Waals surface area contributed by atoms with Crippen molar-refractivity contribution in [2.24, 2.45) is 5.10 Å². The van der Waals surface area contributed by atoms with Gasteiger partial charge in [-0.3, -0.25) is 9.10 Å². The Morgan fingerprint density at radius 3 is 2.47 bits per heavy atom. The average molecular weight is 498 g/mol. The summed E-state index contributed by atoms with van der Waals surface area (Å²) in [4.78, 5) is 12.3. The van der Waals surface area contributed by atoms with Crippen LogP contribution in [-0.4, -0.2) is 47.6 Å². The van der Waals surface area contributed by atoms with E-state index in [4.69, 9.17) is 9.47 Å². The molecule has 1 N–H and O–H groups in total. The lowest BCUT2D eigenvalue weighted by molar-refractivity contribution is -0.119. The molecule has 2 aromatic rings. The van der Waals surface area contributed by atoms with Gasteiger partial charge in [0.2, 0.25) is 10.0 Å². The monoisotopic (exact) mass is 497 g/mol. The number of sulfonamides is 1. The Kier molecular flexibility index (Phi) is 7.85. The molecule has 0 radical (unpaired) electrons. The van der Waals surface area contributed by atoms with Gasteiger partial charge < -0.3 is 9.47 Å². The average Bonchev–Trinajstić information content (AvgIpc) is 2.65. The number of hydrogen-bond donors (Lipinski definition) is 1. The molecule has 0 aliphatic rings. The number of carbonyl (C=O) groups is 1. The number of halogens is 1. The fraction of sp³-hybridized carbons (Fsp3) is 0.300. The quantitative estimate of drug-likeness (QED) is 0.446. The molecule has 2 aromatic carbocycles. The van der Waals surface area contributed by atoms with E-state index in [1.807, 2.05) is 13.0 Å². The number of hydrogen-bond acceptors (Lipinski definition) is 6. The standard InChI is InChI=1S/C20H24BrN3O5S/c1-13-6-7-17(14(2)8-13)24(30(5,26)27)12-19(25)23-22-11-15-9-16(21)20(29-4)18(10-15)28-3/h6-11H,12H2,1-5H3,(H,23,25)/b22-11-. The van der Waals surface area contributed by atoms with Crippen molar-refractivity contribution in [3.8, 4) is 11.5 Å². The maximum absolute atomic E-state index is 12.3. The van der Waals surface area contributed by atoms with Crippen molar-refractivity contribution < 1.29 is 22.7 Å². The molecule has 0 bridgehead atoms. The molecule has 0 heterocycles. The maximum atomic E-state index is 12.3. The number of anilines is 1. The zero-order chi connectivity index (χ0) is 22.5. The minimum Gasteiger partial charge on any atom is -0.493 e. The number of methoxy groups -OCH3 is 2. The van der Waals surface area contributed by atoms with Gasteiger partial charge in [-0.05, 0) is 59.1 Å². The number of carbonyl (C=O) groups excluding carboxylic acids is 1. The smallest absolute Gasteiger partial charge is 0.260 e. The van der Waals surface area contributed by atoms with Crippen LogP contribution in [0.15, 0.2) is 39.9 Å². The third-order valence-corrected chi connectivity index (χ3v) is 5.88. The number of rotatable bonds is 8. The van der Waals surface area contributed by atoms with E-state index < -0.39 is 22.5 Å². The first-order valence-corrected chi connectivity index (χ1v) is 11.5. The topological polar surface area (TPSA) is 97.3 Å². The number of ether oxygens (including phenoxy) is 2. The molecule has 1 amide bonds. The fourth-order valence-corrected chi connectivity index (χ4v) is 4.36. The van der Waals surface area contributed by atoms with Gasteiger partial charge in [0.15, 0.2) is 11.5 Å². The van der Waals surface area contributed by atoms with Gasteiger partial charge in [-0.25, -0.2) is 13.8 Å². The molecule has 0 fully saturated rings. The van der Waals surface area contributed by atoms with Gasteiger partial charge >= 0.3 is 0 Å². The fourth-order valence-electron chi connectivity index (χ4n) is 2.82. The van der Waals surface area contributed by atoms with Gasteiger partial charge in [0, 0.05) is 0 Å². The zero-order valence-electron chi connectivity index (χ0n) is 17.4. The summed E-state index contributed by atoms with van der Waals surface area (Å²) < 4.78 is 36.7. The predicted octanol–water partition coefficient (Wildman–Crippen LogP) is 3.00. The maximum Gasteiger partial charge on any atom is 0.260 e. The van der Waals surface area contributed by atoms with Gasteiger partial charge in [0.1, 0.15) is 6.54 Å². The molecule has 0 spiro atoms. The lowest BCUT2D eigenvalue weighted by Crippen LogP contribution is -2.39. The second-order valence-corrected chi connectivity index (χ2v) is 9.35. The summed E-state index contributed by atoms with van der Waals surface area (Å²) in [6.45, 7) is 3.32. The summed E-state index contributed by atoms with van der Waals surface area (Å²) in [5.74, 6) is 0.463. The Balaban J connectivity index is 2.16. The van der Waals surface area contributed by atoms with Crippen molar-refractivity contribution in [3.63, 3.8) is 0 Å². The lowest BCUT2D eigenvalue weighted by Gasteiger charge is -2.23. The lowest BCUT2D eigenvalue weighted by atomic mass is 10.1. The Labute approximate surface area is 185 Å². The first kappa shape index (κ1) is 23.7. The van der Waals surface area contributed by atoms with Crippen LogP contribution < -0.4 is 19.2 Å². The molecular weight excluding hydrogens is 474 g/mol. The highest BCUT2D eigenvalue weighted by Crippen LogP contribution is 2.35. The van der Waals surface area contributed by atoms with Crippen LogP contribution in [0.5, 0.6) is 11.5 Å². The van der Waals surface area contributed by atoms with Gasteiger partial charge in [0.25, 0.3) is 5.91 Å². The summed E-state index contributed by atoms with van der Waals surface area (Å²) in [6, 6.07) is 8.78. The molecule has 0 saturated carbocycles. The number of nitrogens with one attached hydrogen (secondary N) is 1. The third kappa shape index (κ3) is 5.96. The molecule has 0 aliphatic carbocycles. The van der Waals surface area contributed by atoms with Crippen molar-refractivity contribution in [1.29, 1.82) is 0 Å². The van der Waals surface area contributed by atoms with Crippen LogP contribution >= 0.6 is 15.9 Å². The SMILES string of the molecule is COc1cc(/C=N\NC(=O)CN(c2ccc(C)cc2C)S(C)(=O)=O)cc(Br)c1OC. The molecule has 8 nitrogen and oxygen atoms in total. The number of hydrazone groups is 1. The van der Waals surface area contributed by atoms with E-state index in [0.717, 1.165) is 21.7 Å². The van der Waals surface area contributed by atoms with Crippen molar-refractivity contribution in [1.82, 2.24) is 5.43 Å². The largest absolute Gasteiger partial charge is 0.493 e. The van der Waals surface area contributed by atoms with Crippen LogP contribution in [0, 0.1) is 13.8 Å². The minimum absolute atomic E-state index is 0.393. The zero-order valence-corrected chi connectivity index (χ0v) is 19.8. The van der Waals surface area contributed by atoms with Crippen molar-refractivity contribution in [2.75, 3.05) is 31.3 Å². The Hall–Kier alpha value is -2.59.